The molecule has 1 aromatic heterocycles. The molecule has 9 heteroatoms. The number of hydrogen-bond acceptors (Lipinski definition) is 5. The van der Waals surface area contributed by atoms with Crippen molar-refractivity contribution in [3.8, 4) is 17.0 Å². The Labute approximate surface area is 285 Å². The van der Waals surface area contributed by atoms with E-state index >= 15 is 0 Å². The summed E-state index contributed by atoms with van der Waals surface area (Å²) in [5.41, 5.74) is 6.07. The first-order valence-electron chi connectivity index (χ1n) is 18.6. The second-order valence-corrected chi connectivity index (χ2v) is 16.9. The van der Waals surface area contributed by atoms with Crippen LogP contribution in [0.1, 0.15) is 117 Å². The fourth-order valence-electron chi connectivity index (χ4n) is 10.1. The van der Waals surface area contributed by atoms with Gasteiger partial charge in [-0.25, -0.2) is 4.21 Å². The van der Waals surface area contributed by atoms with Crippen LogP contribution in [0.5, 0.6) is 5.75 Å². The van der Waals surface area contributed by atoms with Crippen LogP contribution in [0.3, 0.4) is 0 Å². The summed E-state index contributed by atoms with van der Waals surface area (Å²) in [5, 5.41) is 4.86. The quantitative estimate of drug-likeness (QED) is 0.298. The number of piperidine rings is 2. The summed E-state index contributed by atoms with van der Waals surface area (Å²) in [7, 11) is -1.39. The molecule has 7 aliphatic rings. The molecule has 8 nitrogen and oxygen atoms in total. The second-order valence-electron chi connectivity index (χ2n) is 15.4. The lowest BCUT2D eigenvalue weighted by Crippen LogP contribution is -2.63. The lowest BCUT2D eigenvalue weighted by Gasteiger charge is -2.47. The van der Waals surface area contributed by atoms with Crippen LogP contribution in [0.15, 0.2) is 36.4 Å². The molecule has 2 N–H and O–H groups in total. The van der Waals surface area contributed by atoms with Gasteiger partial charge < -0.3 is 19.5 Å². The molecule has 5 unspecified atom stereocenters. The van der Waals surface area contributed by atoms with Crippen LogP contribution < -0.4 is 14.8 Å². The van der Waals surface area contributed by atoms with Crippen LogP contribution >= 0.6 is 0 Å². The van der Waals surface area contributed by atoms with Crippen LogP contribution in [-0.4, -0.2) is 62.5 Å². The molecule has 3 aromatic rings. The summed E-state index contributed by atoms with van der Waals surface area (Å²) in [6, 6.07) is 13.3. The molecule has 3 saturated carbocycles. The second kappa shape index (κ2) is 12.0. The number of benzene rings is 2. The Kier molecular flexibility index (Phi) is 7.72. The first kappa shape index (κ1) is 30.9. The van der Waals surface area contributed by atoms with Crippen molar-refractivity contribution in [1.82, 2.24) is 19.5 Å². The number of carbonyl (C=O) groups is 2. The number of rotatable bonds is 7. The Hall–Kier alpha value is -3.17. The predicted molar refractivity (Wildman–Crippen MR) is 189 cm³/mol. The zero-order valence-electron chi connectivity index (χ0n) is 28.1. The monoisotopic (exact) mass is 668 g/mol. The van der Waals surface area contributed by atoms with E-state index in [0.717, 1.165) is 82.1 Å². The lowest BCUT2D eigenvalue weighted by atomic mass is 9.81. The third-order valence-corrected chi connectivity index (χ3v) is 14.2. The number of amides is 2. The highest BCUT2D eigenvalue weighted by Crippen LogP contribution is 2.66. The van der Waals surface area contributed by atoms with Crippen LogP contribution in [0.2, 0.25) is 0 Å². The minimum Gasteiger partial charge on any atom is -0.494 e. The van der Waals surface area contributed by atoms with E-state index in [1.54, 1.807) is 0 Å². The van der Waals surface area contributed by atoms with Gasteiger partial charge in [0.05, 0.1) is 23.0 Å². The molecule has 3 aliphatic carbocycles. The first-order valence-corrected chi connectivity index (χ1v) is 19.9. The fourth-order valence-corrected chi connectivity index (χ4v) is 11.4. The largest absolute Gasteiger partial charge is 0.494 e. The van der Waals surface area contributed by atoms with Gasteiger partial charge in [0.15, 0.2) is 0 Å². The summed E-state index contributed by atoms with van der Waals surface area (Å²) < 4.78 is 24.4. The first-order chi connectivity index (χ1) is 23.4. The Bertz CT molecular complexity index is 1800. The summed E-state index contributed by atoms with van der Waals surface area (Å²) in [4.78, 5) is 30.8. The van der Waals surface area contributed by atoms with Gasteiger partial charge in [0, 0.05) is 59.7 Å². The zero-order valence-corrected chi connectivity index (χ0v) is 28.9. The van der Waals surface area contributed by atoms with Crippen molar-refractivity contribution in [3.05, 3.63) is 53.1 Å². The van der Waals surface area contributed by atoms with Gasteiger partial charge in [-0.3, -0.25) is 14.3 Å². The molecule has 5 heterocycles. The highest BCUT2D eigenvalue weighted by Gasteiger charge is 2.64. The van der Waals surface area contributed by atoms with Crippen molar-refractivity contribution in [1.29, 1.82) is 0 Å². The highest BCUT2D eigenvalue weighted by molar-refractivity contribution is 7.84. The Morgan fingerprint density at radius 3 is 2.54 bits per heavy atom. The predicted octanol–water partition coefficient (Wildman–Crippen LogP) is 6.54. The minimum atomic E-state index is -1.39. The van der Waals surface area contributed by atoms with Crippen LogP contribution in [0.25, 0.3) is 22.2 Å². The van der Waals surface area contributed by atoms with Crippen molar-refractivity contribution in [2.24, 2.45) is 5.41 Å². The Balaban J connectivity index is 1.20. The third-order valence-electron chi connectivity index (χ3n) is 12.7. The molecule has 254 valence electrons. The topological polar surface area (TPSA) is 92.7 Å². The van der Waals surface area contributed by atoms with Crippen molar-refractivity contribution in [2.45, 2.75) is 120 Å². The summed E-state index contributed by atoms with van der Waals surface area (Å²) in [6.45, 7) is 4.90. The van der Waals surface area contributed by atoms with E-state index in [1.165, 1.54) is 47.0 Å². The molecular weight excluding hydrogens is 621 g/mol. The van der Waals surface area contributed by atoms with Crippen LogP contribution in [0, 0.1) is 5.41 Å². The molecule has 0 spiro atoms. The maximum absolute atomic E-state index is 14.9. The number of carbonyl (C=O) groups excluding carboxylic acids is 2. The molecule has 10 rings (SSSR count). The third kappa shape index (κ3) is 4.97. The van der Waals surface area contributed by atoms with Gasteiger partial charge in [-0.1, -0.05) is 38.2 Å². The molecule has 0 radical (unpaired) electrons. The minimum absolute atomic E-state index is 0.0381. The number of fused-ring (bicyclic) bond motifs is 10. The van der Waals surface area contributed by atoms with Crippen LogP contribution in [0.4, 0.5) is 0 Å². The van der Waals surface area contributed by atoms with Gasteiger partial charge in [-0.2, -0.15) is 0 Å². The van der Waals surface area contributed by atoms with Gasteiger partial charge in [0.1, 0.15) is 16.7 Å². The van der Waals surface area contributed by atoms with E-state index in [1.807, 2.05) is 19.1 Å². The molecular formula is C39H48N4O4S. The summed E-state index contributed by atoms with van der Waals surface area (Å²) >= 11 is 0. The number of piperazine rings is 1. The van der Waals surface area contributed by atoms with Gasteiger partial charge >= 0.3 is 0 Å². The normalized spacial score (nSPS) is 28.8. The fraction of sp³-hybridized carbons (Fsp3) is 0.590. The van der Waals surface area contributed by atoms with Gasteiger partial charge in [-0.15, -0.1) is 0 Å². The van der Waals surface area contributed by atoms with E-state index in [0.29, 0.717) is 36.6 Å². The zero-order chi connectivity index (χ0) is 32.6. The van der Waals surface area contributed by atoms with Gasteiger partial charge in [-0.05, 0) is 99.2 Å². The van der Waals surface area contributed by atoms with E-state index in [-0.39, 0.29) is 23.1 Å². The molecule has 6 fully saturated rings. The number of hydrogen-bond donors (Lipinski definition) is 2. The molecule has 2 aromatic carbocycles. The van der Waals surface area contributed by atoms with E-state index in [2.05, 4.69) is 43.8 Å². The average molecular weight is 669 g/mol. The summed E-state index contributed by atoms with van der Waals surface area (Å²) in [6.07, 6.45) is 13.0. The number of aromatic nitrogens is 1. The molecule has 5 atom stereocenters. The molecule has 2 bridgehead atoms. The maximum atomic E-state index is 14.9. The van der Waals surface area contributed by atoms with Crippen molar-refractivity contribution in [3.63, 3.8) is 0 Å². The Morgan fingerprint density at radius 1 is 1.00 bits per heavy atom. The van der Waals surface area contributed by atoms with Gasteiger partial charge in [0.25, 0.3) is 5.91 Å². The molecule has 3 saturated heterocycles. The van der Waals surface area contributed by atoms with Crippen molar-refractivity contribution < 1.29 is 18.5 Å². The molecule has 2 amide bonds. The summed E-state index contributed by atoms with van der Waals surface area (Å²) in [5.74, 6) is 1.44. The standard InChI is InChI=1S/C39H48N4O4S/c1-2-47-28-15-17-30-32(19-28)33-20-39(33,38(45)42-22-26-13-14-27(42)21-40-26)23-43-34-18-25(37(44)41-48(46)29-10-6-7-11-29)12-16-31(34)35(36(30)43)24-8-4-3-5-9-24/h12,15-19,24,26-27,29,33,40H,2-11,13-14,20-23H2,1H3,(H,41,44). The highest BCUT2D eigenvalue weighted by atomic mass is 32.2. The smallest absolute Gasteiger partial charge is 0.263 e. The molecule has 4 aliphatic heterocycles. The maximum Gasteiger partial charge on any atom is 0.263 e. The number of nitrogens with one attached hydrogen (secondary N) is 2. The average Bonchev–Trinajstić information content (AvgIpc) is 3.45. The SMILES string of the molecule is CCOc1ccc2c(c1)C1CC1(C(=O)N1CC3CCC1CN3)Cn1c-2c(C2CCCCC2)c2ccc(C(=O)NS(=O)C3CCCC3)cc21. The van der Waals surface area contributed by atoms with E-state index < -0.39 is 16.4 Å². The van der Waals surface area contributed by atoms with E-state index in [9.17, 15) is 13.8 Å². The van der Waals surface area contributed by atoms with E-state index in [4.69, 9.17) is 4.74 Å². The number of ether oxygens (including phenoxy) is 1. The van der Waals surface area contributed by atoms with Gasteiger partial charge in [0.2, 0.25) is 5.91 Å². The van der Waals surface area contributed by atoms with Crippen molar-refractivity contribution >= 4 is 33.7 Å². The Morgan fingerprint density at radius 2 is 1.81 bits per heavy atom. The number of nitrogens with zero attached hydrogens (tertiary/aromatic N) is 2. The van der Waals surface area contributed by atoms with Crippen LogP contribution in [-0.2, 0) is 22.3 Å². The lowest BCUT2D eigenvalue weighted by molar-refractivity contribution is -0.144. The van der Waals surface area contributed by atoms with Crippen molar-refractivity contribution in [2.75, 3.05) is 19.7 Å². The molecule has 48 heavy (non-hydrogen) atoms.